The van der Waals surface area contributed by atoms with Crippen LogP contribution in [0, 0.1) is 0 Å². The fraction of sp³-hybridized carbons (Fsp3) is 0.956. The van der Waals surface area contributed by atoms with Crippen molar-refractivity contribution >= 4 is 11.9 Å². The number of esters is 1. The van der Waals surface area contributed by atoms with Gasteiger partial charge in [-0.05, 0) is 25.7 Å². The summed E-state index contributed by atoms with van der Waals surface area (Å²) in [6.45, 7) is 6.46. The van der Waals surface area contributed by atoms with Gasteiger partial charge in [-0.1, -0.05) is 213 Å². The van der Waals surface area contributed by atoms with E-state index in [1.165, 1.54) is 161 Å². The summed E-state index contributed by atoms with van der Waals surface area (Å²) in [6, 6.07) is -0.689. The number of hydrogen-bond donors (Lipinski definition) is 3. The van der Waals surface area contributed by atoms with Crippen molar-refractivity contribution in [1.29, 1.82) is 0 Å². The Hall–Kier alpha value is -1.14. The van der Waals surface area contributed by atoms with E-state index in [0.29, 0.717) is 19.3 Å². The highest BCUT2D eigenvalue weighted by Crippen LogP contribution is 2.18. The van der Waals surface area contributed by atoms with Gasteiger partial charge in [0.2, 0.25) is 5.91 Å². The van der Waals surface area contributed by atoms with E-state index in [2.05, 4.69) is 26.1 Å². The molecule has 0 saturated heterocycles. The lowest BCUT2D eigenvalue weighted by Crippen LogP contribution is -2.46. The van der Waals surface area contributed by atoms with Crippen molar-refractivity contribution in [2.75, 3.05) is 6.61 Å². The number of carbonyl (C=O) groups is 2. The molecule has 0 aromatic rings. The molecule has 0 fully saturated rings. The Morgan fingerprint density at radius 3 is 1.20 bits per heavy atom. The smallest absolute Gasteiger partial charge is 0.306 e. The van der Waals surface area contributed by atoms with Crippen LogP contribution in [-0.4, -0.2) is 46.9 Å². The summed E-state index contributed by atoms with van der Waals surface area (Å²) in [4.78, 5) is 25.9. The second-order valence-electron chi connectivity index (χ2n) is 15.8. The lowest BCUT2D eigenvalue weighted by molar-refractivity contribution is -0.151. The van der Waals surface area contributed by atoms with Gasteiger partial charge in [-0.25, -0.2) is 0 Å². The maximum Gasteiger partial charge on any atom is 0.306 e. The number of rotatable bonds is 41. The first-order valence-electron chi connectivity index (χ1n) is 22.8. The van der Waals surface area contributed by atoms with Crippen LogP contribution in [0.15, 0.2) is 0 Å². The second kappa shape index (κ2) is 40.1. The van der Waals surface area contributed by atoms with Crippen LogP contribution in [0.5, 0.6) is 0 Å². The fourth-order valence-corrected chi connectivity index (χ4v) is 7.20. The Kier molecular flexibility index (Phi) is 39.2. The van der Waals surface area contributed by atoms with E-state index in [1.807, 2.05) is 0 Å². The molecule has 0 bridgehead atoms. The first-order chi connectivity index (χ1) is 25.0. The van der Waals surface area contributed by atoms with Crippen LogP contribution in [0.3, 0.4) is 0 Å². The molecule has 0 saturated carbocycles. The van der Waals surface area contributed by atoms with Crippen LogP contribution in [0.2, 0.25) is 0 Å². The van der Waals surface area contributed by atoms with Gasteiger partial charge in [0.15, 0.2) is 0 Å². The minimum absolute atomic E-state index is 0.0865. The van der Waals surface area contributed by atoms with Crippen LogP contribution in [0.4, 0.5) is 0 Å². The van der Waals surface area contributed by atoms with Gasteiger partial charge in [-0.3, -0.25) is 9.59 Å². The second-order valence-corrected chi connectivity index (χ2v) is 15.8. The van der Waals surface area contributed by atoms with E-state index in [4.69, 9.17) is 4.74 Å². The molecule has 1 amide bonds. The quantitative estimate of drug-likeness (QED) is 0.0431. The molecule has 51 heavy (non-hydrogen) atoms. The molecule has 0 aromatic heterocycles. The van der Waals surface area contributed by atoms with Crippen molar-refractivity contribution in [3.63, 3.8) is 0 Å². The molecule has 0 aliphatic carbocycles. The summed E-state index contributed by atoms with van der Waals surface area (Å²) >= 11 is 0. The number of unbranched alkanes of at least 4 members (excludes halogenated alkanes) is 29. The molecule has 304 valence electrons. The zero-order valence-electron chi connectivity index (χ0n) is 34.5. The Balaban J connectivity index is 4.54. The molecule has 0 radical (unpaired) electrons. The van der Waals surface area contributed by atoms with Crippen molar-refractivity contribution in [1.82, 2.24) is 5.32 Å². The number of ether oxygens (including phenoxy) is 1. The largest absolute Gasteiger partial charge is 0.462 e. The topological polar surface area (TPSA) is 95.9 Å². The number of carbonyl (C=O) groups excluding carboxylic acids is 2. The molecular weight excluding hydrogens is 634 g/mol. The average Bonchev–Trinajstić information content (AvgIpc) is 3.12. The molecule has 0 rings (SSSR count). The van der Waals surface area contributed by atoms with Gasteiger partial charge in [0.1, 0.15) is 6.10 Å². The highest BCUT2D eigenvalue weighted by molar-refractivity contribution is 5.77. The predicted octanol–water partition coefficient (Wildman–Crippen LogP) is 12.8. The molecule has 3 atom stereocenters. The number of aliphatic hydroxyl groups excluding tert-OH is 2. The van der Waals surface area contributed by atoms with E-state index >= 15 is 0 Å². The van der Waals surface area contributed by atoms with E-state index in [1.54, 1.807) is 0 Å². The summed E-state index contributed by atoms with van der Waals surface area (Å²) in [6.07, 6.45) is 40.1. The summed E-state index contributed by atoms with van der Waals surface area (Å²) in [5.74, 6) is -0.461. The number of aliphatic hydroxyl groups is 2. The Morgan fingerprint density at radius 1 is 0.490 bits per heavy atom. The first kappa shape index (κ1) is 49.9. The van der Waals surface area contributed by atoms with Gasteiger partial charge < -0.3 is 20.3 Å². The third kappa shape index (κ3) is 35.6. The lowest BCUT2D eigenvalue weighted by Gasteiger charge is -2.24. The zero-order valence-corrected chi connectivity index (χ0v) is 34.5. The maximum atomic E-state index is 13.1. The van der Waals surface area contributed by atoms with Gasteiger partial charge >= 0.3 is 5.97 Å². The van der Waals surface area contributed by atoms with E-state index in [9.17, 15) is 19.8 Å². The van der Waals surface area contributed by atoms with Gasteiger partial charge in [0.05, 0.1) is 25.2 Å². The number of nitrogens with one attached hydrogen (secondary N) is 1. The fourth-order valence-electron chi connectivity index (χ4n) is 7.20. The predicted molar refractivity (Wildman–Crippen MR) is 218 cm³/mol. The van der Waals surface area contributed by atoms with Gasteiger partial charge in [0, 0.05) is 6.42 Å². The van der Waals surface area contributed by atoms with Crippen molar-refractivity contribution in [3.8, 4) is 0 Å². The molecule has 0 heterocycles. The van der Waals surface area contributed by atoms with Crippen molar-refractivity contribution in [2.24, 2.45) is 0 Å². The van der Waals surface area contributed by atoms with Gasteiger partial charge in [0.25, 0.3) is 0 Å². The molecule has 6 heteroatoms. The monoisotopic (exact) mass is 724 g/mol. The number of hydrogen-bond acceptors (Lipinski definition) is 5. The van der Waals surface area contributed by atoms with E-state index < -0.39 is 18.2 Å². The summed E-state index contributed by atoms with van der Waals surface area (Å²) in [5.41, 5.74) is 0. The molecule has 0 aliphatic heterocycles. The zero-order chi connectivity index (χ0) is 37.5. The molecule has 3 unspecified atom stereocenters. The van der Waals surface area contributed by atoms with Crippen LogP contribution < -0.4 is 5.32 Å². The van der Waals surface area contributed by atoms with Gasteiger partial charge in [-0.15, -0.1) is 0 Å². The van der Waals surface area contributed by atoms with Crippen molar-refractivity contribution in [2.45, 2.75) is 270 Å². The SMILES string of the molecule is CCCCCCCCCCCCCC(CC(=O)NC(CO)C(O)CCCCCCCCCCCCC)OC(=O)CCCCCCCCCCCC. The van der Waals surface area contributed by atoms with Crippen LogP contribution in [0.1, 0.15) is 252 Å². The van der Waals surface area contributed by atoms with Crippen LogP contribution >= 0.6 is 0 Å². The molecular formula is C45H89NO5. The summed E-state index contributed by atoms with van der Waals surface area (Å²) < 4.78 is 5.89. The summed E-state index contributed by atoms with van der Waals surface area (Å²) in [7, 11) is 0. The van der Waals surface area contributed by atoms with Crippen LogP contribution in [-0.2, 0) is 14.3 Å². The first-order valence-corrected chi connectivity index (χ1v) is 22.8. The average molecular weight is 724 g/mol. The number of amides is 1. The van der Waals surface area contributed by atoms with Crippen LogP contribution in [0.25, 0.3) is 0 Å². The molecule has 6 nitrogen and oxygen atoms in total. The highest BCUT2D eigenvalue weighted by atomic mass is 16.5. The highest BCUT2D eigenvalue weighted by Gasteiger charge is 2.24. The Labute approximate surface area is 317 Å². The standard InChI is InChI=1S/C45H89NO5/c1-4-7-10-13-16-19-22-24-27-30-33-36-41(51-45(50)38-35-32-29-26-21-18-15-12-9-6-3)39-44(49)46-42(40-47)43(48)37-34-31-28-25-23-20-17-14-11-8-5-2/h41-43,47-48H,4-40H2,1-3H3,(H,46,49). The molecule has 0 aromatic carbocycles. The maximum absolute atomic E-state index is 13.1. The molecule has 3 N–H and O–H groups in total. The van der Waals surface area contributed by atoms with Gasteiger partial charge in [-0.2, -0.15) is 0 Å². The minimum atomic E-state index is -0.776. The third-order valence-corrected chi connectivity index (χ3v) is 10.7. The van der Waals surface area contributed by atoms with Crippen molar-refractivity contribution in [3.05, 3.63) is 0 Å². The third-order valence-electron chi connectivity index (χ3n) is 10.7. The van der Waals surface area contributed by atoms with Crippen molar-refractivity contribution < 1.29 is 24.5 Å². The lowest BCUT2D eigenvalue weighted by atomic mass is 10.0. The normalized spacial score (nSPS) is 13.3. The van der Waals surface area contributed by atoms with E-state index in [-0.39, 0.29) is 24.9 Å². The Morgan fingerprint density at radius 2 is 0.824 bits per heavy atom. The molecule has 0 aliphatic rings. The molecule has 0 spiro atoms. The van der Waals surface area contributed by atoms with E-state index in [0.717, 1.165) is 44.9 Å². The Bertz CT molecular complexity index is 731. The minimum Gasteiger partial charge on any atom is -0.462 e. The summed E-state index contributed by atoms with van der Waals surface area (Å²) in [5, 5.41) is 23.6.